The Morgan fingerprint density at radius 2 is 2.00 bits per heavy atom. The number of thiazole rings is 1. The third-order valence-electron chi connectivity index (χ3n) is 5.19. The van der Waals surface area contributed by atoms with Crippen molar-refractivity contribution in [3.05, 3.63) is 59.6 Å². The van der Waals surface area contributed by atoms with Gasteiger partial charge < -0.3 is 10.1 Å². The Labute approximate surface area is 195 Å². The number of nitrogens with one attached hydrogen (secondary N) is 2. The molecule has 1 atom stereocenters. The molecule has 174 valence electrons. The highest BCUT2D eigenvalue weighted by Gasteiger charge is 2.36. The number of nitrogens with zero attached hydrogens (tertiary/aromatic N) is 2. The van der Waals surface area contributed by atoms with Crippen molar-refractivity contribution < 1.29 is 22.3 Å². The number of ether oxygens (including phenoxy) is 1. The minimum Gasteiger partial charge on any atom is -0.385 e. The lowest BCUT2D eigenvalue weighted by Crippen LogP contribution is -2.23. The Morgan fingerprint density at radius 1 is 1.24 bits per heavy atom. The van der Waals surface area contributed by atoms with Gasteiger partial charge in [0, 0.05) is 36.5 Å². The summed E-state index contributed by atoms with van der Waals surface area (Å²) in [5, 5.41) is 4.44. The van der Waals surface area contributed by atoms with E-state index in [4.69, 9.17) is 4.74 Å². The Kier molecular flexibility index (Phi) is 7.01. The average molecular weight is 491 g/mol. The Balaban J connectivity index is 1.46. The molecule has 1 aliphatic carbocycles. The highest BCUT2D eigenvalue weighted by molar-refractivity contribution is 7.93. The first-order valence-corrected chi connectivity index (χ1v) is 12.8. The first kappa shape index (κ1) is 23.3. The van der Waals surface area contributed by atoms with Gasteiger partial charge in [0.15, 0.2) is 5.13 Å². The Bertz CT molecular complexity index is 1230. The van der Waals surface area contributed by atoms with Gasteiger partial charge in [0.05, 0.1) is 23.1 Å². The molecule has 0 spiro atoms. The van der Waals surface area contributed by atoms with Crippen LogP contribution in [0.2, 0.25) is 0 Å². The van der Waals surface area contributed by atoms with Crippen LogP contribution in [0.15, 0.2) is 48.1 Å². The van der Waals surface area contributed by atoms with Crippen LogP contribution >= 0.6 is 11.3 Å². The second-order valence-electron chi connectivity index (χ2n) is 7.72. The normalized spacial score (nSPS) is 14.6. The fourth-order valence-electron chi connectivity index (χ4n) is 3.27. The van der Waals surface area contributed by atoms with Crippen molar-refractivity contribution in [3.8, 4) is 11.1 Å². The molecule has 0 aliphatic heterocycles. The van der Waals surface area contributed by atoms with Crippen molar-refractivity contribution in [1.29, 1.82) is 0 Å². The van der Waals surface area contributed by atoms with Gasteiger partial charge in [-0.25, -0.2) is 17.8 Å². The van der Waals surface area contributed by atoms with E-state index in [9.17, 15) is 17.6 Å². The molecule has 1 fully saturated rings. The van der Waals surface area contributed by atoms with Gasteiger partial charge in [-0.2, -0.15) is 0 Å². The SMILES string of the molecule is COCCC(C(=O)Nc1ccc(-c2cncc(F)c2)cc1)c1csc(NS(=O)(=O)C2CC2)n1. The summed E-state index contributed by atoms with van der Waals surface area (Å²) >= 11 is 1.15. The number of amides is 1. The standard InChI is InChI=1S/C22H23FN4O4S2/c1-31-9-8-19(20-13-32-22(26-20)27-33(29,30)18-6-7-18)21(28)25-17-4-2-14(3-5-17)15-10-16(23)12-24-11-15/h2-5,10-13,18-19H,6-9H2,1H3,(H,25,28)(H,26,27). The molecule has 0 bridgehead atoms. The number of anilines is 2. The predicted octanol–water partition coefficient (Wildman–Crippen LogP) is 4.01. The maximum atomic E-state index is 13.4. The molecular weight excluding hydrogens is 467 g/mol. The molecule has 2 N–H and O–H groups in total. The minimum absolute atomic E-state index is 0.250. The average Bonchev–Trinajstić information content (AvgIpc) is 3.56. The molecule has 3 aromatic rings. The second kappa shape index (κ2) is 9.94. The fourth-order valence-corrected chi connectivity index (χ4v) is 5.63. The summed E-state index contributed by atoms with van der Waals surface area (Å²) < 4.78 is 45.4. The van der Waals surface area contributed by atoms with E-state index >= 15 is 0 Å². The lowest BCUT2D eigenvalue weighted by molar-refractivity contribution is -0.118. The van der Waals surface area contributed by atoms with E-state index in [0.717, 1.165) is 23.1 Å². The van der Waals surface area contributed by atoms with Gasteiger partial charge >= 0.3 is 0 Å². The number of carbonyl (C=O) groups is 1. The lowest BCUT2D eigenvalue weighted by Gasteiger charge is -2.15. The molecule has 8 nitrogen and oxygen atoms in total. The molecule has 1 aromatic carbocycles. The van der Waals surface area contributed by atoms with Crippen LogP contribution in [-0.2, 0) is 19.6 Å². The zero-order chi connectivity index (χ0) is 23.4. The fraction of sp³-hybridized carbons (Fsp3) is 0.318. The number of pyridine rings is 1. The van der Waals surface area contributed by atoms with Crippen LogP contribution in [0.1, 0.15) is 30.9 Å². The highest BCUT2D eigenvalue weighted by atomic mass is 32.2. The summed E-state index contributed by atoms with van der Waals surface area (Å²) in [6.07, 6.45) is 4.39. The number of carbonyl (C=O) groups excluding carboxylic acids is 1. The molecule has 0 radical (unpaired) electrons. The summed E-state index contributed by atoms with van der Waals surface area (Å²) in [7, 11) is -1.88. The molecule has 11 heteroatoms. The van der Waals surface area contributed by atoms with Crippen molar-refractivity contribution in [1.82, 2.24) is 9.97 Å². The predicted molar refractivity (Wildman–Crippen MR) is 125 cm³/mol. The lowest BCUT2D eigenvalue weighted by atomic mass is 10.0. The zero-order valence-electron chi connectivity index (χ0n) is 17.8. The van der Waals surface area contributed by atoms with Gasteiger partial charge in [0.25, 0.3) is 0 Å². The molecule has 1 aliphatic rings. The molecule has 1 unspecified atom stereocenters. The molecular formula is C22H23FN4O4S2. The maximum Gasteiger partial charge on any atom is 0.237 e. The molecule has 1 saturated carbocycles. The van der Waals surface area contributed by atoms with Crippen molar-refractivity contribution in [2.24, 2.45) is 0 Å². The number of aromatic nitrogens is 2. The Hall–Kier alpha value is -2.89. The van der Waals surface area contributed by atoms with E-state index < -0.39 is 21.8 Å². The summed E-state index contributed by atoms with van der Waals surface area (Å²) in [5.41, 5.74) is 2.45. The van der Waals surface area contributed by atoms with Crippen molar-refractivity contribution >= 4 is 38.1 Å². The summed E-state index contributed by atoms with van der Waals surface area (Å²) in [6, 6.07) is 8.37. The molecule has 2 aromatic heterocycles. The maximum absolute atomic E-state index is 13.4. The smallest absolute Gasteiger partial charge is 0.237 e. The summed E-state index contributed by atoms with van der Waals surface area (Å²) in [4.78, 5) is 21.2. The van der Waals surface area contributed by atoms with Gasteiger partial charge in [-0.3, -0.25) is 14.5 Å². The molecule has 0 saturated heterocycles. The second-order valence-corrected chi connectivity index (χ2v) is 10.5. The van der Waals surface area contributed by atoms with Gasteiger partial charge in [-0.15, -0.1) is 11.3 Å². The van der Waals surface area contributed by atoms with E-state index in [-0.39, 0.29) is 16.3 Å². The quantitative estimate of drug-likeness (QED) is 0.444. The van der Waals surface area contributed by atoms with E-state index in [1.54, 1.807) is 43.0 Å². The van der Waals surface area contributed by atoms with Crippen molar-refractivity contribution in [3.63, 3.8) is 0 Å². The van der Waals surface area contributed by atoms with Gasteiger partial charge in [-0.1, -0.05) is 12.1 Å². The third kappa shape index (κ3) is 5.92. The van der Waals surface area contributed by atoms with E-state index in [2.05, 4.69) is 20.0 Å². The number of benzene rings is 1. The molecule has 2 heterocycles. The van der Waals surface area contributed by atoms with Crippen molar-refractivity contribution in [2.45, 2.75) is 30.4 Å². The van der Waals surface area contributed by atoms with E-state index in [0.29, 0.717) is 42.8 Å². The first-order valence-electron chi connectivity index (χ1n) is 10.3. The van der Waals surface area contributed by atoms with Crippen LogP contribution < -0.4 is 10.0 Å². The minimum atomic E-state index is -3.42. The number of rotatable bonds is 10. The number of hydrogen-bond acceptors (Lipinski definition) is 7. The van der Waals surface area contributed by atoms with Crippen LogP contribution in [0.5, 0.6) is 0 Å². The van der Waals surface area contributed by atoms with Crippen LogP contribution in [-0.4, -0.2) is 43.3 Å². The molecule has 4 rings (SSSR count). The largest absolute Gasteiger partial charge is 0.385 e. The zero-order valence-corrected chi connectivity index (χ0v) is 19.5. The van der Waals surface area contributed by atoms with E-state index in [1.165, 1.54) is 6.07 Å². The third-order valence-corrected chi connectivity index (χ3v) is 7.92. The molecule has 33 heavy (non-hydrogen) atoms. The van der Waals surface area contributed by atoms with Gasteiger partial charge in [0.2, 0.25) is 15.9 Å². The topological polar surface area (TPSA) is 110 Å². The molecule has 1 amide bonds. The number of sulfonamides is 1. The van der Waals surface area contributed by atoms with Crippen LogP contribution in [0, 0.1) is 5.82 Å². The van der Waals surface area contributed by atoms with Gasteiger partial charge in [0.1, 0.15) is 5.82 Å². The summed E-state index contributed by atoms with van der Waals surface area (Å²) in [6.45, 7) is 0.338. The number of halogens is 1. The monoisotopic (exact) mass is 490 g/mol. The summed E-state index contributed by atoms with van der Waals surface area (Å²) in [5.74, 6) is -1.32. The Morgan fingerprint density at radius 3 is 2.67 bits per heavy atom. The van der Waals surface area contributed by atoms with Crippen molar-refractivity contribution in [2.75, 3.05) is 23.8 Å². The number of methoxy groups -OCH3 is 1. The van der Waals surface area contributed by atoms with Crippen LogP contribution in [0.4, 0.5) is 15.2 Å². The number of hydrogen-bond donors (Lipinski definition) is 2. The van der Waals surface area contributed by atoms with Gasteiger partial charge in [-0.05, 0) is 43.0 Å². The highest BCUT2D eigenvalue weighted by Crippen LogP contribution is 2.32. The van der Waals surface area contributed by atoms with E-state index in [1.807, 2.05) is 0 Å². The van der Waals surface area contributed by atoms with Crippen LogP contribution in [0.25, 0.3) is 11.1 Å². The first-order chi connectivity index (χ1) is 15.9. The van der Waals surface area contributed by atoms with Crippen LogP contribution in [0.3, 0.4) is 0 Å².